The van der Waals surface area contributed by atoms with E-state index in [0.717, 1.165) is 19.3 Å². The van der Waals surface area contributed by atoms with Gasteiger partial charge < -0.3 is 4.55 Å². The van der Waals surface area contributed by atoms with Crippen molar-refractivity contribution in [3.05, 3.63) is 0 Å². The molecule has 0 aliphatic rings. The van der Waals surface area contributed by atoms with Gasteiger partial charge in [0.2, 0.25) is 0 Å². The van der Waals surface area contributed by atoms with E-state index in [2.05, 4.69) is 6.92 Å². The smallest absolute Gasteiger partial charge is 0.141 e. The summed E-state index contributed by atoms with van der Waals surface area (Å²) < 4.78 is 10.8. The van der Waals surface area contributed by atoms with Crippen LogP contribution in [-0.4, -0.2) is 9.30 Å². The Morgan fingerprint density at radius 1 is 1.50 bits per heavy atom. The standard InChI is InChI=1S/C7H17NOS/c1-4-6-7(3,5-2)10(8)9/h4-6,8H2,1-3H3. The summed E-state index contributed by atoms with van der Waals surface area (Å²) in [6.07, 6.45) is 2.89. The minimum Gasteiger partial charge on any atom is -0.598 e. The molecule has 0 aliphatic heterocycles. The molecule has 0 bridgehead atoms. The molecular weight excluding hydrogens is 146 g/mol. The van der Waals surface area contributed by atoms with Crippen molar-refractivity contribution < 1.29 is 4.55 Å². The fourth-order valence-electron chi connectivity index (χ4n) is 0.948. The lowest BCUT2D eigenvalue weighted by atomic mass is 10.0. The molecule has 0 aliphatic carbocycles. The van der Waals surface area contributed by atoms with E-state index < -0.39 is 11.4 Å². The van der Waals surface area contributed by atoms with Crippen molar-refractivity contribution in [3.63, 3.8) is 0 Å². The summed E-state index contributed by atoms with van der Waals surface area (Å²) in [5, 5.41) is 5.34. The fraction of sp³-hybridized carbons (Fsp3) is 1.00. The van der Waals surface area contributed by atoms with Crippen LogP contribution in [0.25, 0.3) is 0 Å². The van der Waals surface area contributed by atoms with Gasteiger partial charge in [-0.1, -0.05) is 20.3 Å². The van der Waals surface area contributed by atoms with Crippen molar-refractivity contribution in [2.75, 3.05) is 0 Å². The highest BCUT2D eigenvalue weighted by Crippen LogP contribution is 2.24. The zero-order valence-electron chi connectivity index (χ0n) is 7.02. The minimum atomic E-state index is -1.17. The van der Waals surface area contributed by atoms with Crippen molar-refractivity contribution in [1.82, 2.24) is 0 Å². The maximum atomic E-state index is 11.0. The Bertz CT molecular complexity index is 97.6. The van der Waals surface area contributed by atoms with Crippen LogP contribution >= 0.6 is 0 Å². The van der Waals surface area contributed by atoms with Gasteiger partial charge in [0.1, 0.15) is 4.75 Å². The third kappa shape index (κ3) is 2.48. The predicted molar refractivity (Wildman–Crippen MR) is 45.9 cm³/mol. The van der Waals surface area contributed by atoms with Gasteiger partial charge in [0, 0.05) is 11.4 Å². The lowest BCUT2D eigenvalue weighted by Crippen LogP contribution is -2.39. The molecule has 0 aromatic carbocycles. The molecular formula is C7H17NOS. The van der Waals surface area contributed by atoms with Crippen molar-refractivity contribution in [2.24, 2.45) is 5.14 Å². The van der Waals surface area contributed by atoms with Crippen LogP contribution in [0.2, 0.25) is 0 Å². The Kier molecular flexibility index (Phi) is 4.32. The fourth-order valence-corrected chi connectivity index (χ4v) is 1.64. The number of hydrogen-bond acceptors (Lipinski definition) is 2. The lowest BCUT2D eigenvalue weighted by molar-refractivity contribution is 0.489. The maximum absolute atomic E-state index is 11.0. The molecule has 3 heteroatoms. The van der Waals surface area contributed by atoms with Crippen molar-refractivity contribution >= 4 is 11.4 Å². The molecule has 2 nitrogen and oxygen atoms in total. The number of nitrogens with two attached hydrogens (primary N) is 1. The van der Waals surface area contributed by atoms with Gasteiger partial charge in [-0.25, -0.2) is 0 Å². The molecule has 0 heterocycles. The van der Waals surface area contributed by atoms with Crippen LogP contribution in [0.4, 0.5) is 0 Å². The molecule has 10 heavy (non-hydrogen) atoms. The summed E-state index contributed by atoms with van der Waals surface area (Å²) in [6, 6.07) is 0. The first kappa shape index (κ1) is 10.3. The molecule has 62 valence electrons. The van der Waals surface area contributed by atoms with Crippen molar-refractivity contribution in [3.8, 4) is 0 Å². The molecule has 0 fully saturated rings. The van der Waals surface area contributed by atoms with Crippen LogP contribution in [0, 0.1) is 0 Å². The summed E-state index contributed by atoms with van der Waals surface area (Å²) in [4.78, 5) is 0. The van der Waals surface area contributed by atoms with E-state index in [1.165, 1.54) is 0 Å². The zero-order chi connectivity index (χ0) is 8.20. The van der Waals surface area contributed by atoms with Gasteiger partial charge in [-0.15, -0.1) is 0 Å². The van der Waals surface area contributed by atoms with Crippen LogP contribution in [0.1, 0.15) is 40.0 Å². The molecule has 0 aromatic heterocycles. The van der Waals surface area contributed by atoms with Crippen LogP contribution in [0.15, 0.2) is 0 Å². The molecule has 0 radical (unpaired) electrons. The highest BCUT2D eigenvalue weighted by Gasteiger charge is 2.32. The second-order valence-electron chi connectivity index (χ2n) is 2.85. The van der Waals surface area contributed by atoms with Crippen LogP contribution in [-0.2, 0) is 11.4 Å². The normalized spacial score (nSPS) is 20.1. The molecule has 0 amide bonds. The summed E-state index contributed by atoms with van der Waals surface area (Å²) in [5.41, 5.74) is 0. The molecule has 2 atom stereocenters. The van der Waals surface area contributed by atoms with Gasteiger partial charge in [0.25, 0.3) is 0 Å². The minimum absolute atomic E-state index is 0.158. The Balaban J connectivity index is 3.94. The lowest BCUT2D eigenvalue weighted by Gasteiger charge is -2.26. The Morgan fingerprint density at radius 2 is 2.00 bits per heavy atom. The van der Waals surface area contributed by atoms with Gasteiger partial charge >= 0.3 is 0 Å². The Labute approximate surface area is 66.5 Å². The highest BCUT2D eigenvalue weighted by molar-refractivity contribution is 7.90. The summed E-state index contributed by atoms with van der Waals surface area (Å²) in [5.74, 6) is 0. The average molecular weight is 163 g/mol. The second-order valence-corrected chi connectivity index (χ2v) is 4.43. The second kappa shape index (κ2) is 4.21. The highest BCUT2D eigenvalue weighted by atomic mass is 32.2. The Hall–Kier alpha value is 0.270. The first-order chi connectivity index (χ1) is 4.56. The van der Waals surface area contributed by atoms with Gasteiger partial charge in [-0.3, -0.25) is 0 Å². The summed E-state index contributed by atoms with van der Waals surface area (Å²) in [7, 11) is 0. The van der Waals surface area contributed by atoms with E-state index in [-0.39, 0.29) is 4.75 Å². The van der Waals surface area contributed by atoms with E-state index in [9.17, 15) is 4.55 Å². The zero-order valence-corrected chi connectivity index (χ0v) is 7.83. The van der Waals surface area contributed by atoms with Gasteiger partial charge in [-0.05, 0) is 19.8 Å². The summed E-state index contributed by atoms with van der Waals surface area (Å²) in [6.45, 7) is 6.09. The molecule has 2 unspecified atom stereocenters. The van der Waals surface area contributed by atoms with Crippen LogP contribution in [0.3, 0.4) is 0 Å². The van der Waals surface area contributed by atoms with Gasteiger partial charge in [0.15, 0.2) is 0 Å². The van der Waals surface area contributed by atoms with Crippen molar-refractivity contribution in [1.29, 1.82) is 0 Å². The van der Waals surface area contributed by atoms with E-state index in [0.29, 0.717) is 0 Å². The van der Waals surface area contributed by atoms with Crippen molar-refractivity contribution in [2.45, 2.75) is 44.8 Å². The first-order valence-corrected chi connectivity index (χ1v) is 4.94. The largest absolute Gasteiger partial charge is 0.598 e. The number of hydrogen-bond donors (Lipinski definition) is 1. The first-order valence-electron chi connectivity index (χ1n) is 3.73. The SMILES string of the molecule is CCCC(C)(CC)[S+](N)[O-]. The predicted octanol–water partition coefficient (Wildman–Crippen LogP) is 1.58. The molecule has 0 aromatic rings. The van der Waals surface area contributed by atoms with E-state index >= 15 is 0 Å². The third-order valence-electron chi connectivity index (χ3n) is 2.01. The summed E-state index contributed by atoms with van der Waals surface area (Å²) >= 11 is -1.17. The molecule has 0 rings (SSSR count). The molecule has 0 spiro atoms. The molecule has 0 saturated heterocycles. The van der Waals surface area contributed by atoms with Crippen LogP contribution < -0.4 is 5.14 Å². The molecule has 2 N–H and O–H groups in total. The van der Waals surface area contributed by atoms with E-state index in [1.54, 1.807) is 0 Å². The molecule has 0 saturated carbocycles. The number of rotatable bonds is 4. The monoisotopic (exact) mass is 163 g/mol. The quantitative estimate of drug-likeness (QED) is 0.640. The maximum Gasteiger partial charge on any atom is 0.141 e. The van der Waals surface area contributed by atoms with Crippen LogP contribution in [0.5, 0.6) is 0 Å². The van der Waals surface area contributed by atoms with E-state index in [4.69, 9.17) is 5.14 Å². The average Bonchev–Trinajstić information content (AvgIpc) is 1.88. The third-order valence-corrected chi connectivity index (χ3v) is 3.48. The van der Waals surface area contributed by atoms with E-state index in [1.807, 2.05) is 13.8 Å². The van der Waals surface area contributed by atoms with Gasteiger partial charge in [0.05, 0.1) is 0 Å². The Morgan fingerprint density at radius 3 is 2.10 bits per heavy atom. The van der Waals surface area contributed by atoms with Gasteiger partial charge in [-0.2, -0.15) is 5.14 Å². The topological polar surface area (TPSA) is 49.1 Å².